The van der Waals surface area contributed by atoms with E-state index in [-0.39, 0.29) is 23.9 Å². The largest absolute Gasteiger partial charge is 0.479 e. The topological polar surface area (TPSA) is 143 Å². The predicted molar refractivity (Wildman–Crippen MR) is 118 cm³/mol. The Labute approximate surface area is 188 Å². The summed E-state index contributed by atoms with van der Waals surface area (Å²) in [5, 5.41) is 26.8. The lowest BCUT2D eigenvalue weighted by Crippen LogP contribution is -2.37. The quantitative estimate of drug-likeness (QED) is 0.431. The highest BCUT2D eigenvalue weighted by molar-refractivity contribution is 6.01. The third-order valence-electron chi connectivity index (χ3n) is 5.48. The number of fused-ring (bicyclic) bond motifs is 3. The normalized spacial score (nSPS) is 13.0. The number of benzene rings is 2. The van der Waals surface area contributed by atoms with Crippen LogP contribution in [0.3, 0.4) is 0 Å². The number of ether oxygens (including phenoxy) is 1. The van der Waals surface area contributed by atoms with Crippen molar-refractivity contribution in [2.24, 2.45) is 7.05 Å². The first-order valence-electron chi connectivity index (χ1n) is 10.2. The number of carboxylic acid groups (broad SMARTS) is 1. The van der Waals surface area contributed by atoms with Crippen LogP contribution in [0.25, 0.3) is 11.1 Å². The van der Waals surface area contributed by atoms with Crippen molar-refractivity contribution in [2.45, 2.75) is 12.0 Å². The number of aromatic nitrogens is 2. The number of amides is 2. The van der Waals surface area contributed by atoms with Crippen LogP contribution in [-0.4, -0.2) is 57.2 Å². The minimum Gasteiger partial charge on any atom is -0.479 e. The van der Waals surface area contributed by atoms with Crippen LogP contribution in [0.15, 0.2) is 54.7 Å². The van der Waals surface area contributed by atoms with E-state index in [4.69, 9.17) is 9.84 Å². The van der Waals surface area contributed by atoms with E-state index in [1.54, 1.807) is 0 Å². The van der Waals surface area contributed by atoms with Crippen LogP contribution in [0, 0.1) is 0 Å². The van der Waals surface area contributed by atoms with E-state index in [9.17, 15) is 19.5 Å². The van der Waals surface area contributed by atoms with Crippen molar-refractivity contribution in [1.29, 1.82) is 0 Å². The third kappa shape index (κ3) is 4.41. The lowest BCUT2D eigenvalue weighted by atomic mass is 9.98. The molecule has 1 aromatic heterocycles. The zero-order chi connectivity index (χ0) is 23.5. The first kappa shape index (κ1) is 22.0. The number of carbonyl (C=O) groups is 3. The maximum atomic E-state index is 12.5. The zero-order valence-corrected chi connectivity index (χ0v) is 17.7. The molecule has 0 saturated heterocycles. The fraction of sp³-hybridized carbons (Fsp3) is 0.217. The van der Waals surface area contributed by atoms with Gasteiger partial charge in [-0.15, -0.1) is 0 Å². The summed E-state index contributed by atoms with van der Waals surface area (Å²) < 4.78 is 6.70. The van der Waals surface area contributed by atoms with Gasteiger partial charge in [-0.05, 0) is 22.3 Å². The summed E-state index contributed by atoms with van der Waals surface area (Å²) in [6, 6.07) is 15.9. The highest BCUT2D eigenvalue weighted by Gasteiger charge is 2.29. The molecular formula is C23H22N4O6. The summed E-state index contributed by atoms with van der Waals surface area (Å²) >= 11 is 0. The Bertz CT molecular complexity index is 1180. The number of hydrogen-bond acceptors (Lipinski definition) is 6. The minimum atomic E-state index is -1.75. The number of rotatable bonds is 7. The number of aliphatic hydroxyl groups excluding tert-OH is 1. The summed E-state index contributed by atoms with van der Waals surface area (Å²) in [6.07, 6.45) is -1.23. The molecule has 10 nitrogen and oxygen atoms in total. The van der Waals surface area contributed by atoms with E-state index in [2.05, 4.69) is 15.7 Å². The molecule has 1 aliphatic rings. The SMILES string of the molecule is Cn1ncc(NC(=O)OCC2c3ccccc3-c3ccccc32)c1C(=O)NC[C@H](O)C(=O)O. The standard InChI is InChI=1S/C23H22N4O6/c1-27-20(21(29)24-11-19(28)22(30)31)18(10-25-27)26-23(32)33-12-17-15-8-4-2-6-13(15)14-7-3-5-9-16(14)17/h2-10,17,19,28H,11-12H2,1H3,(H,24,29)(H,26,32)(H,30,31)/t19-/m0/s1. The lowest BCUT2D eigenvalue weighted by molar-refractivity contribution is -0.146. The average Bonchev–Trinajstić information content (AvgIpc) is 3.33. The van der Waals surface area contributed by atoms with Gasteiger partial charge in [0.05, 0.1) is 18.4 Å². The molecule has 4 rings (SSSR count). The Balaban J connectivity index is 1.43. The summed E-state index contributed by atoms with van der Waals surface area (Å²) in [4.78, 5) is 35.7. The molecule has 1 aliphatic carbocycles. The Hall–Kier alpha value is -4.18. The van der Waals surface area contributed by atoms with Gasteiger partial charge in [-0.25, -0.2) is 9.59 Å². The summed E-state index contributed by atoms with van der Waals surface area (Å²) in [6.45, 7) is -0.393. The van der Waals surface area contributed by atoms with Crippen molar-refractivity contribution in [3.8, 4) is 11.1 Å². The fourth-order valence-corrected chi connectivity index (χ4v) is 3.90. The van der Waals surface area contributed by atoms with Gasteiger partial charge in [0, 0.05) is 13.0 Å². The molecular weight excluding hydrogens is 428 g/mol. The molecule has 0 radical (unpaired) electrons. The molecule has 4 N–H and O–H groups in total. The highest BCUT2D eigenvalue weighted by Crippen LogP contribution is 2.44. The van der Waals surface area contributed by atoms with Crippen molar-refractivity contribution in [3.05, 3.63) is 71.5 Å². The zero-order valence-electron chi connectivity index (χ0n) is 17.7. The third-order valence-corrected chi connectivity index (χ3v) is 5.48. The van der Waals surface area contributed by atoms with E-state index in [1.807, 2.05) is 48.5 Å². The second-order valence-corrected chi connectivity index (χ2v) is 7.55. The molecule has 2 aromatic carbocycles. The number of carboxylic acids is 1. The van der Waals surface area contributed by atoms with Gasteiger partial charge in [-0.3, -0.25) is 14.8 Å². The van der Waals surface area contributed by atoms with E-state index in [0.717, 1.165) is 22.3 Å². The van der Waals surface area contributed by atoms with Crippen molar-refractivity contribution in [1.82, 2.24) is 15.1 Å². The summed E-state index contributed by atoms with van der Waals surface area (Å²) in [5.41, 5.74) is 4.45. The van der Waals surface area contributed by atoms with Crippen LogP contribution in [0.4, 0.5) is 10.5 Å². The second kappa shape index (κ2) is 9.13. The van der Waals surface area contributed by atoms with Crippen LogP contribution < -0.4 is 10.6 Å². The average molecular weight is 450 g/mol. The molecule has 0 unspecified atom stereocenters. The van der Waals surface area contributed by atoms with Gasteiger partial charge in [0.1, 0.15) is 12.3 Å². The van der Waals surface area contributed by atoms with Gasteiger partial charge in [0.2, 0.25) is 0 Å². The lowest BCUT2D eigenvalue weighted by Gasteiger charge is -2.15. The molecule has 0 spiro atoms. The first-order chi connectivity index (χ1) is 15.9. The molecule has 2 amide bonds. The monoisotopic (exact) mass is 450 g/mol. The van der Waals surface area contributed by atoms with E-state index < -0.39 is 30.6 Å². The van der Waals surface area contributed by atoms with Crippen LogP contribution in [0.5, 0.6) is 0 Å². The van der Waals surface area contributed by atoms with Gasteiger partial charge < -0.3 is 20.3 Å². The van der Waals surface area contributed by atoms with Gasteiger partial charge in [0.25, 0.3) is 5.91 Å². The number of nitrogens with zero attached hydrogens (tertiary/aromatic N) is 2. The number of aliphatic hydroxyl groups is 1. The van der Waals surface area contributed by atoms with Gasteiger partial charge in [0.15, 0.2) is 6.10 Å². The maximum Gasteiger partial charge on any atom is 0.411 e. The number of nitrogens with one attached hydrogen (secondary N) is 2. The van der Waals surface area contributed by atoms with Crippen LogP contribution in [0.1, 0.15) is 27.5 Å². The minimum absolute atomic E-state index is 0.0129. The molecule has 170 valence electrons. The molecule has 3 aromatic rings. The highest BCUT2D eigenvalue weighted by atomic mass is 16.5. The van der Waals surface area contributed by atoms with Gasteiger partial charge in [-0.1, -0.05) is 48.5 Å². The van der Waals surface area contributed by atoms with Gasteiger partial charge >= 0.3 is 12.1 Å². The molecule has 0 bridgehead atoms. The van der Waals surface area contributed by atoms with E-state index >= 15 is 0 Å². The molecule has 0 aliphatic heterocycles. The summed E-state index contributed by atoms with van der Waals surface area (Å²) in [7, 11) is 1.49. The number of carbonyl (C=O) groups excluding carboxylic acids is 2. The molecule has 0 fully saturated rings. The smallest absolute Gasteiger partial charge is 0.411 e. The molecule has 10 heteroatoms. The van der Waals surface area contributed by atoms with E-state index in [1.165, 1.54) is 17.9 Å². The summed E-state index contributed by atoms with van der Waals surface area (Å²) in [5.74, 6) is -2.28. The number of aliphatic carboxylic acids is 1. The molecule has 33 heavy (non-hydrogen) atoms. The van der Waals surface area contributed by atoms with Gasteiger partial charge in [-0.2, -0.15) is 5.10 Å². The van der Waals surface area contributed by atoms with Crippen molar-refractivity contribution >= 4 is 23.7 Å². The predicted octanol–water partition coefficient (Wildman–Crippen LogP) is 1.96. The fourth-order valence-electron chi connectivity index (χ4n) is 3.90. The van der Waals surface area contributed by atoms with Crippen molar-refractivity contribution in [2.75, 3.05) is 18.5 Å². The molecule has 1 atom stereocenters. The van der Waals surface area contributed by atoms with Crippen molar-refractivity contribution < 1.29 is 29.3 Å². The van der Waals surface area contributed by atoms with Crippen LogP contribution in [-0.2, 0) is 16.6 Å². The van der Waals surface area contributed by atoms with Crippen LogP contribution >= 0.6 is 0 Å². The number of aryl methyl sites for hydroxylation is 1. The Morgan fingerprint density at radius 1 is 1.09 bits per heavy atom. The maximum absolute atomic E-state index is 12.5. The molecule has 1 heterocycles. The Morgan fingerprint density at radius 3 is 2.30 bits per heavy atom. The van der Waals surface area contributed by atoms with Crippen molar-refractivity contribution in [3.63, 3.8) is 0 Å². The second-order valence-electron chi connectivity index (χ2n) is 7.55. The van der Waals surface area contributed by atoms with Crippen LogP contribution in [0.2, 0.25) is 0 Å². The number of anilines is 1. The molecule has 0 saturated carbocycles. The Kier molecular flexibility index (Phi) is 6.09. The number of hydrogen-bond donors (Lipinski definition) is 4. The van der Waals surface area contributed by atoms with E-state index in [0.29, 0.717) is 0 Å². The Morgan fingerprint density at radius 2 is 1.70 bits per heavy atom. The first-order valence-corrected chi connectivity index (χ1v) is 10.2.